The summed E-state index contributed by atoms with van der Waals surface area (Å²) in [5.74, 6) is 0.816. The Bertz CT molecular complexity index is 787. The number of carbonyl (C=O) groups excluding carboxylic acids is 2. The van der Waals surface area contributed by atoms with Crippen molar-refractivity contribution in [1.82, 2.24) is 5.32 Å². The van der Waals surface area contributed by atoms with Crippen molar-refractivity contribution in [3.63, 3.8) is 0 Å². The van der Waals surface area contributed by atoms with Gasteiger partial charge >= 0.3 is 0 Å². The van der Waals surface area contributed by atoms with Crippen molar-refractivity contribution >= 4 is 17.5 Å². The number of benzene rings is 2. The van der Waals surface area contributed by atoms with Gasteiger partial charge in [-0.15, -0.1) is 0 Å². The summed E-state index contributed by atoms with van der Waals surface area (Å²) in [4.78, 5) is 25.8. The zero-order valence-corrected chi connectivity index (χ0v) is 16.2. The highest BCUT2D eigenvalue weighted by Crippen LogP contribution is 2.27. The number of nitrogens with zero attached hydrogens (tertiary/aromatic N) is 1. The molecule has 2 rings (SSSR count). The fourth-order valence-electron chi connectivity index (χ4n) is 2.69. The molecule has 2 amide bonds. The first-order chi connectivity index (χ1) is 13.0. The van der Waals surface area contributed by atoms with Gasteiger partial charge in [-0.2, -0.15) is 0 Å². The van der Waals surface area contributed by atoms with Gasteiger partial charge in [-0.3, -0.25) is 9.59 Å². The summed E-state index contributed by atoms with van der Waals surface area (Å²) in [5, 5.41) is 2.84. The number of anilines is 1. The molecule has 1 N–H and O–H groups in total. The molecule has 0 aliphatic rings. The standard InChI is InChI=1S/C21H26N2O4/c1-5-16-6-9-18(10-7-16)23(15(2)24)14-21(25)22-13-17-8-11-19(26-3)20(12-17)27-4/h6-12H,5,13-14H2,1-4H3,(H,22,25). The number of hydrogen-bond acceptors (Lipinski definition) is 4. The maximum Gasteiger partial charge on any atom is 0.240 e. The molecule has 0 heterocycles. The Labute approximate surface area is 160 Å². The van der Waals surface area contributed by atoms with Gasteiger partial charge in [-0.05, 0) is 41.8 Å². The highest BCUT2D eigenvalue weighted by Gasteiger charge is 2.16. The summed E-state index contributed by atoms with van der Waals surface area (Å²) in [5.41, 5.74) is 2.77. The Morgan fingerprint density at radius 1 is 0.963 bits per heavy atom. The minimum atomic E-state index is -0.237. The van der Waals surface area contributed by atoms with Gasteiger partial charge in [0.25, 0.3) is 0 Å². The summed E-state index contributed by atoms with van der Waals surface area (Å²) in [7, 11) is 3.14. The van der Waals surface area contributed by atoms with Crippen LogP contribution in [0.3, 0.4) is 0 Å². The van der Waals surface area contributed by atoms with Crippen LogP contribution in [-0.4, -0.2) is 32.6 Å². The Balaban J connectivity index is 2.00. The third kappa shape index (κ3) is 5.48. The van der Waals surface area contributed by atoms with Gasteiger partial charge < -0.3 is 19.7 Å². The third-order valence-electron chi connectivity index (χ3n) is 4.28. The van der Waals surface area contributed by atoms with Crippen LogP contribution in [0.2, 0.25) is 0 Å². The molecule has 144 valence electrons. The van der Waals surface area contributed by atoms with E-state index in [0.717, 1.165) is 12.0 Å². The summed E-state index contributed by atoms with van der Waals surface area (Å²) in [6, 6.07) is 13.1. The van der Waals surface area contributed by atoms with E-state index >= 15 is 0 Å². The minimum absolute atomic E-state index is 0.0336. The molecule has 0 unspecified atom stereocenters. The van der Waals surface area contributed by atoms with Gasteiger partial charge in [0.05, 0.1) is 14.2 Å². The Hall–Kier alpha value is -3.02. The van der Waals surface area contributed by atoms with Crippen molar-refractivity contribution in [2.45, 2.75) is 26.8 Å². The molecule has 0 bridgehead atoms. The van der Waals surface area contributed by atoms with Gasteiger partial charge in [-0.1, -0.05) is 25.1 Å². The molecular formula is C21H26N2O4. The predicted molar refractivity (Wildman–Crippen MR) is 105 cm³/mol. The van der Waals surface area contributed by atoms with E-state index in [0.29, 0.717) is 23.7 Å². The maximum atomic E-state index is 12.3. The second-order valence-corrected chi connectivity index (χ2v) is 6.09. The molecule has 0 spiro atoms. The lowest BCUT2D eigenvalue weighted by atomic mass is 10.1. The third-order valence-corrected chi connectivity index (χ3v) is 4.28. The molecule has 6 heteroatoms. The van der Waals surface area contributed by atoms with E-state index in [1.165, 1.54) is 17.4 Å². The fourth-order valence-corrected chi connectivity index (χ4v) is 2.69. The van der Waals surface area contributed by atoms with Gasteiger partial charge in [0.2, 0.25) is 11.8 Å². The van der Waals surface area contributed by atoms with E-state index in [9.17, 15) is 9.59 Å². The largest absolute Gasteiger partial charge is 0.493 e. The zero-order valence-electron chi connectivity index (χ0n) is 16.2. The molecular weight excluding hydrogens is 344 g/mol. The van der Waals surface area contributed by atoms with E-state index in [1.54, 1.807) is 20.3 Å². The van der Waals surface area contributed by atoms with E-state index in [-0.39, 0.29) is 18.4 Å². The van der Waals surface area contributed by atoms with E-state index in [2.05, 4.69) is 12.2 Å². The fraction of sp³-hybridized carbons (Fsp3) is 0.333. The number of methoxy groups -OCH3 is 2. The molecule has 27 heavy (non-hydrogen) atoms. The van der Waals surface area contributed by atoms with Gasteiger partial charge in [-0.25, -0.2) is 0 Å². The van der Waals surface area contributed by atoms with E-state index in [1.807, 2.05) is 36.4 Å². The number of aryl methyl sites for hydroxylation is 1. The first kappa shape index (κ1) is 20.3. The molecule has 0 saturated heterocycles. The Morgan fingerprint density at radius 3 is 2.15 bits per heavy atom. The molecule has 0 radical (unpaired) electrons. The SMILES string of the molecule is CCc1ccc(N(CC(=O)NCc2ccc(OC)c(OC)c2)C(C)=O)cc1. The van der Waals surface area contributed by atoms with E-state index in [4.69, 9.17) is 9.47 Å². The molecule has 2 aromatic rings. The van der Waals surface area contributed by atoms with Crippen molar-refractivity contribution in [3.05, 3.63) is 53.6 Å². The molecule has 0 atom stereocenters. The van der Waals surface area contributed by atoms with Crippen LogP contribution < -0.4 is 19.7 Å². The predicted octanol–water partition coefficient (Wildman–Crippen LogP) is 2.94. The number of rotatable bonds is 8. The molecule has 0 fully saturated rings. The second kappa shape index (κ2) is 9.62. The molecule has 0 aliphatic carbocycles. The number of amides is 2. The van der Waals surface area contributed by atoms with Gasteiger partial charge in [0.15, 0.2) is 11.5 Å². The van der Waals surface area contributed by atoms with Gasteiger partial charge in [0, 0.05) is 19.2 Å². The molecule has 2 aromatic carbocycles. The van der Waals surface area contributed by atoms with Crippen LogP contribution in [0.25, 0.3) is 0 Å². The molecule has 6 nitrogen and oxygen atoms in total. The number of hydrogen-bond donors (Lipinski definition) is 1. The van der Waals surface area contributed by atoms with Crippen LogP contribution in [0.1, 0.15) is 25.0 Å². The van der Waals surface area contributed by atoms with Crippen molar-refractivity contribution in [2.75, 3.05) is 25.7 Å². The van der Waals surface area contributed by atoms with Crippen molar-refractivity contribution in [1.29, 1.82) is 0 Å². The average molecular weight is 370 g/mol. The van der Waals surface area contributed by atoms with Gasteiger partial charge in [0.1, 0.15) is 6.54 Å². The summed E-state index contributed by atoms with van der Waals surface area (Å²) >= 11 is 0. The van der Waals surface area contributed by atoms with Crippen LogP contribution >= 0.6 is 0 Å². The topological polar surface area (TPSA) is 67.9 Å². The zero-order chi connectivity index (χ0) is 19.8. The number of ether oxygens (including phenoxy) is 2. The summed E-state index contributed by atoms with van der Waals surface area (Å²) in [6.45, 7) is 3.82. The first-order valence-corrected chi connectivity index (χ1v) is 8.83. The van der Waals surface area contributed by atoms with Crippen LogP contribution in [0.4, 0.5) is 5.69 Å². The number of carbonyl (C=O) groups is 2. The van der Waals surface area contributed by atoms with Crippen molar-refractivity contribution < 1.29 is 19.1 Å². The highest BCUT2D eigenvalue weighted by atomic mass is 16.5. The average Bonchev–Trinajstić information content (AvgIpc) is 2.70. The maximum absolute atomic E-state index is 12.3. The van der Waals surface area contributed by atoms with Crippen LogP contribution in [0, 0.1) is 0 Å². The second-order valence-electron chi connectivity index (χ2n) is 6.09. The lowest BCUT2D eigenvalue weighted by Crippen LogP contribution is -2.39. The minimum Gasteiger partial charge on any atom is -0.493 e. The highest BCUT2D eigenvalue weighted by molar-refractivity contribution is 5.97. The monoisotopic (exact) mass is 370 g/mol. The lowest BCUT2D eigenvalue weighted by molar-refractivity contribution is -0.123. The molecule has 0 saturated carbocycles. The smallest absolute Gasteiger partial charge is 0.240 e. The number of nitrogens with one attached hydrogen (secondary N) is 1. The molecule has 0 aliphatic heterocycles. The van der Waals surface area contributed by atoms with Crippen LogP contribution in [0.15, 0.2) is 42.5 Å². The van der Waals surface area contributed by atoms with Crippen LogP contribution in [0.5, 0.6) is 11.5 Å². The quantitative estimate of drug-likeness (QED) is 0.776. The Morgan fingerprint density at radius 2 is 1.59 bits per heavy atom. The Kier molecular flexibility index (Phi) is 7.23. The lowest BCUT2D eigenvalue weighted by Gasteiger charge is -2.21. The summed E-state index contributed by atoms with van der Waals surface area (Å²) in [6.07, 6.45) is 0.923. The van der Waals surface area contributed by atoms with Crippen molar-refractivity contribution in [3.8, 4) is 11.5 Å². The first-order valence-electron chi connectivity index (χ1n) is 8.83. The summed E-state index contributed by atoms with van der Waals surface area (Å²) < 4.78 is 10.5. The van der Waals surface area contributed by atoms with E-state index < -0.39 is 0 Å². The normalized spacial score (nSPS) is 10.2. The van der Waals surface area contributed by atoms with Crippen LogP contribution in [-0.2, 0) is 22.6 Å². The van der Waals surface area contributed by atoms with Crippen molar-refractivity contribution in [2.24, 2.45) is 0 Å². The molecule has 0 aromatic heterocycles.